The lowest BCUT2D eigenvalue weighted by molar-refractivity contribution is 0.0419. The van der Waals surface area contributed by atoms with Gasteiger partial charge < -0.3 is 5.32 Å². The minimum Gasteiger partial charge on any atom is -0.317 e. The molecule has 2 fully saturated rings. The molecule has 2 heteroatoms. The summed E-state index contributed by atoms with van der Waals surface area (Å²) in [6, 6.07) is 1.58. The Hall–Kier alpha value is -0.340. The summed E-state index contributed by atoms with van der Waals surface area (Å²) in [7, 11) is 0. The van der Waals surface area contributed by atoms with Gasteiger partial charge in [0.15, 0.2) is 0 Å². The molecule has 1 aliphatic heterocycles. The molecule has 0 radical (unpaired) electrons. The molecule has 1 saturated carbocycles. The molecule has 0 aromatic rings. The minimum absolute atomic E-state index is 0.746. The van der Waals surface area contributed by atoms with Crippen molar-refractivity contribution in [2.75, 3.05) is 19.6 Å². The fourth-order valence-corrected chi connectivity index (χ4v) is 3.38. The van der Waals surface area contributed by atoms with E-state index in [1.165, 1.54) is 64.6 Å². The highest BCUT2D eigenvalue weighted by molar-refractivity contribution is 4.97. The van der Waals surface area contributed by atoms with Gasteiger partial charge in [0.05, 0.1) is 0 Å². The van der Waals surface area contributed by atoms with Gasteiger partial charge in [0, 0.05) is 18.6 Å². The normalized spacial score (nSPS) is 26.8. The van der Waals surface area contributed by atoms with Crippen LogP contribution >= 0.6 is 0 Å². The summed E-state index contributed by atoms with van der Waals surface area (Å²) in [6.45, 7) is 16.8. The van der Waals surface area contributed by atoms with Gasteiger partial charge in [0.1, 0.15) is 0 Å². The van der Waals surface area contributed by atoms with Crippen LogP contribution in [0, 0.1) is 11.8 Å². The summed E-state index contributed by atoms with van der Waals surface area (Å²) >= 11 is 0. The van der Waals surface area contributed by atoms with Crippen molar-refractivity contribution in [3.63, 3.8) is 0 Å². The largest absolute Gasteiger partial charge is 0.317 e. The number of nitrogens with one attached hydrogen (secondary N) is 1. The molecule has 1 atom stereocenters. The summed E-state index contributed by atoms with van der Waals surface area (Å²) in [5.74, 6) is 1.71. The number of rotatable bonds is 7. The summed E-state index contributed by atoms with van der Waals surface area (Å²) in [5, 5.41) is 3.47. The number of piperidine rings is 1. The van der Waals surface area contributed by atoms with Gasteiger partial charge in [-0.25, -0.2) is 0 Å². The van der Waals surface area contributed by atoms with Crippen molar-refractivity contribution in [3.8, 4) is 0 Å². The van der Waals surface area contributed by atoms with Crippen LogP contribution in [-0.2, 0) is 0 Å². The van der Waals surface area contributed by atoms with E-state index in [1.807, 2.05) is 0 Å². The maximum absolute atomic E-state index is 3.93. The van der Waals surface area contributed by atoms with Gasteiger partial charge in [0.25, 0.3) is 0 Å². The van der Waals surface area contributed by atoms with Gasteiger partial charge >= 0.3 is 0 Å². The molecule has 1 unspecified atom stereocenters. The zero-order valence-electron chi connectivity index (χ0n) is 15.6. The quantitative estimate of drug-likeness (QED) is 0.676. The maximum Gasteiger partial charge on any atom is 0.0109 e. The summed E-state index contributed by atoms with van der Waals surface area (Å²) in [6.07, 6.45) is 11.5. The zero-order chi connectivity index (χ0) is 16.4. The summed E-state index contributed by atoms with van der Waals surface area (Å²) in [5.41, 5.74) is 0. The van der Waals surface area contributed by atoms with Crippen LogP contribution in [0.5, 0.6) is 0 Å². The first-order valence-corrected chi connectivity index (χ1v) is 9.75. The van der Waals surface area contributed by atoms with Crippen molar-refractivity contribution in [1.82, 2.24) is 10.2 Å². The second-order valence-electron chi connectivity index (χ2n) is 7.27. The Bertz CT molecular complexity index is 275. The van der Waals surface area contributed by atoms with Crippen LogP contribution in [0.4, 0.5) is 0 Å². The Balaban J connectivity index is 0.000000541. The molecule has 0 amide bonds. The summed E-state index contributed by atoms with van der Waals surface area (Å²) in [4.78, 5) is 2.80. The number of hydrogen-bond acceptors (Lipinski definition) is 2. The lowest BCUT2D eigenvalue weighted by Gasteiger charge is -2.46. The predicted molar refractivity (Wildman–Crippen MR) is 99.3 cm³/mol. The first-order chi connectivity index (χ1) is 10.7. The first-order valence-electron chi connectivity index (χ1n) is 9.75. The second kappa shape index (κ2) is 11.2. The first kappa shape index (κ1) is 19.7. The van der Waals surface area contributed by atoms with E-state index >= 15 is 0 Å². The van der Waals surface area contributed by atoms with Crippen LogP contribution < -0.4 is 5.32 Å². The van der Waals surface area contributed by atoms with Crippen molar-refractivity contribution in [2.45, 2.75) is 84.7 Å². The second-order valence-corrected chi connectivity index (χ2v) is 7.27. The molecule has 1 heterocycles. The molecular formula is C20H40N2. The van der Waals surface area contributed by atoms with Crippen molar-refractivity contribution in [1.29, 1.82) is 0 Å². The predicted octanol–water partition coefficient (Wildman–Crippen LogP) is 4.86. The average molecular weight is 309 g/mol. The fourth-order valence-electron chi connectivity index (χ4n) is 3.38. The average Bonchev–Trinajstić information content (AvgIpc) is 2.53. The van der Waals surface area contributed by atoms with Crippen LogP contribution in [0.1, 0.15) is 72.6 Å². The Morgan fingerprint density at radius 2 is 1.73 bits per heavy atom. The third-order valence-electron chi connectivity index (χ3n) is 5.54. The zero-order valence-corrected chi connectivity index (χ0v) is 15.6. The Morgan fingerprint density at radius 3 is 2.18 bits per heavy atom. The smallest absolute Gasteiger partial charge is 0.0109 e. The highest BCUT2D eigenvalue weighted by Gasteiger charge is 2.34. The van der Waals surface area contributed by atoms with E-state index in [4.69, 9.17) is 0 Å². The molecule has 0 aromatic heterocycles. The van der Waals surface area contributed by atoms with Gasteiger partial charge in [-0.2, -0.15) is 0 Å². The van der Waals surface area contributed by atoms with Crippen LogP contribution in [0.25, 0.3) is 0 Å². The van der Waals surface area contributed by atoms with Gasteiger partial charge in [0.2, 0.25) is 0 Å². The molecule has 130 valence electrons. The topological polar surface area (TPSA) is 15.3 Å². The van der Waals surface area contributed by atoms with E-state index in [0.29, 0.717) is 0 Å². The maximum atomic E-state index is 3.93. The van der Waals surface area contributed by atoms with E-state index in [-0.39, 0.29) is 0 Å². The van der Waals surface area contributed by atoms with E-state index in [1.54, 1.807) is 0 Å². The molecular weight excluding hydrogens is 268 g/mol. The van der Waals surface area contributed by atoms with Crippen molar-refractivity contribution in [3.05, 3.63) is 12.7 Å². The molecule has 0 bridgehead atoms. The lowest BCUT2D eigenvalue weighted by Crippen LogP contribution is -2.51. The van der Waals surface area contributed by atoms with Crippen molar-refractivity contribution < 1.29 is 0 Å². The third kappa shape index (κ3) is 6.42. The standard InChI is InChI=1S/C16H30N2.C4H10/c1-4-13(3)18(16-10-14(5-2)11-16)12-15-6-8-17-9-7-15;1-3-4-2/h5,13-17H,2,4,6-12H2,1,3H3;3-4H2,1-2H3. The monoisotopic (exact) mass is 308 g/mol. The highest BCUT2D eigenvalue weighted by Crippen LogP contribution is 2.35. The molecule has 0 aromatic carbocycles. The molecule has 2 aliphatic rings. The van der Waals surface area contributed by atoms with Gasteiger partial charge in [-0.05, 0) is 64.0 Å². The van der Waals surface area contributed by atoms with Crippen molar-refractivity contribution >= 4 is 0 Å². The van der Waals surface area contributed by atoms with E-state index in [0.717, 1.165) is 23.9 Å². The summed E-state index contributed by atoms with van der Waals surface area (Å²) < 4.78 is 0. The Morgan fingerprint density at radius 1 is 1.14 bits per heavy atom. The molecule has 1 saturated heterocycles. The number of nitrogens with zero attached hydrogens (tertiary/aromatic N) is 1. The lowest BCUT2D eigenvalue weighted by atomic mass is 9.78. The van der Waals surface area contributed by atoms with Crippen LogP contribution in [0.2, 0.25) is 0 Å². The van der Waals surface area contributed by atoms with Crippen molar-refractivity contribution in [2.24, 2.45) is 11.8 Å². The van der Waals surface area contributed by atoms with Crippen LogP contribution in [0.3, 0.4) is 0 Å². The van der Waals surface area contributed by atoms with Crippen LogP contribution in [-0.4, -0.2) is 36.6 Å². The van der Waals surface area contributed by atoms with E-state index in [9.17, 15) is 0 Å². The minimum atomic E-state index is 0.746. The van der Waals surface area contributed by atoms with Gasteiger partial charge in [-0.3, -0.25) is 4.90 Å². The Kier molecular flexibility index (Phi) is 10.1. The molecule has 1 aliphatic carbocycles. The molecule has 22 heavy (non-hydrogen) atoms. The number of hydrogen-bond donors (Lipinski definition) is 1. The molecule has 1 N–H and O–H groups in total. The van der Waals surface area contributed by atoms with Gasteiger partial charge in [-0.15, -0.1) is 6.58 Å². The number of unbranched alkanes of at least 4 members (excludes halogenated alkanes) is 1. The SMILES string of the molecule is C=CC1CC(N(CC2CCNCC2)C(C)CC)C1.CCCC. The van der Waals surface area contributed by atoms with Gasteiger partial charge in [-0.1, -0.05) is 39.7 Å². The highest BCUT2D eigenvalue weighted by atomic mass is 15.2. The number of allylic oxidation sites excluding steroid dienone is 1. The van der Waals surface area contributed by atoms with E-state index in [2.05, 4.69) is 50.6 Å². The van der Waals surface area contributed by atoms with E-state index < -0.39 is 0 Å². The fraction of sp³-hybridized carbons (Fsp3) is 0.900. The molecule has 2 rings (SSSR count). The molecule has 0 spiro atoms. The van der Waals surface area contributed by atoms with Crippen LogP contribution in [0.15, 0.2) is 12.7 Å². The third-order valence-corrected chi connectivity index (χ3v) is 5.54. The Labute approximate surface area is 139 Å². The molecule has 2 nitrogen and oxygen atoms in total.